The minimum atomic E-state index is -0.195. The molecule has 7 heteroatoms. The Labute approximate surface area is 191 Å². The fourth-order valence-electron chi connectivity index (χ4n) is 5.26. The van der Waals surface area contributed by atoms with Gasteiger partial charge in [0.2, 0.25) is 0 Å². The van der Waals surface area contributed by atoms with E-state index in [4.69, 9.17) is 4.74 Å². The van der Waals surface area contributed by atoms with E-state index in [0.717, 1.165) is 29.7 Å². The molecule has 2 aromatic carbocycles. The van der Waals surface area contributed by atoms with E-state index >= 15 is 0 Å². The molecule has 0 unspecified atom stereocenters. The highest BCUT2D eigenvalue weighted by atomic mass is 16.5. The molecule has 0 spiro atoms. The first-order valence-corrected chi connectivity index (χ1v) is 11.5. The highest BCUT2D eigenvalue weighted by molar-refractivity contribution is 5.99. The molecule has 7 nitrogen and oxygen atoms in total. The predicted molar refractivity (Wildman–Crippen MR) is 126 cm³/mol. The van der Waals surface area contributed by atoms with Crippen LogP contribution in [-0.4, -0.2) is 38.4 Å². The Kier molecular flexibility index (Phi) is 4.62. The van der Waals surface area contributed by atoms with Crippen LogP contribution in [0.15, 0.2) is 41.3 Å². The number of amides is 1. The molecular formula is C26H26N4O3. The maximum Gasteiger partial charge on any atom is 0.274 e. The van der Waals surface area contributed by atoms with Gasteiger partial charge in [-0.1, -0.05) is 23.8 Å². The number of H-pyrrole nitrogens is 1. The average Bonchev–Trinajstić information content (AvgIpc) is 3.44. The van der Waals surface area contributed by atoms with Crippen LogP contribution in [0.4, 0.5) is 0 Å². The highest BCUT2D eigenvalue weighted by Crippen LogP contribution is 2.30. The lowest BCUT2D eigenvalue weighted by Crippen LogP contribution is -2.26. The van der Waals surface area contributed by atoms with Gasteiger partial charge in [0.25, 0.3) is 11.5 Å². The summed E-state index contributed by atoms with van der Waals surface area (Å²) >= 11 is 0. The van der Waals surface area contributed by atoms with Gasteiger partial charge < -0.3 is 14.6 Å². The normalized spacial score (nSPS) is 16.6. The van der Waals surface area contributed by atoms with E-state index in [1.54, 1.807) is 6.20 Å². The van der Waals surface area contributed by atoms with E-state index in [1.807, 2.05) is 28.4 Å². The number of hydrogen-bond donors (Lipinski definition) is 1. The number of hydrogen-bond acceptors (Lipinski definition) is 4. The van der Waals surface area contributed by atoms with Gasteiger partial charge in [-0.2, -0.15) is 0 Å². The number of aromatic amines is 1. The lowest BCUT2D eigenvalue weighted by molar-refractivity contribution is 0.0750. The first kappa shape index (κ1) is 20.2. The van der Waals surface area contributed by atoms with Gasteiger partial charge in [-0.15, -0.1) is 0 Å². The third-order valence-corrected chi connectivity index (χ3v) is 7.04. The van der Waals surface area contributed by atoms with Crippen LogP contribution in [-0.2, 0) is 17.8 Å². The number of nitrogens with one attached hydrogen (secondary N) is 1. The van der Waals surface area contributed by atoms with Crippen molar-refractivity contribution in [2.24, 2.45) is 0 Å². The minimum Gasteiger partial charge on any atom is -0.381 e. The summed E-state index contributed by atoms with van der Waals surface area (Å²) in [5.41, 5.74) is 6.98. The Morgan fingerprint density at radius 1 is 1.06 bits per heavy atom. The van der Waals surface area contributed by atoms with Gasteiger partial charge in [-0.3, -0.25) is 14.0 Å². The average molecular weight is 443 g/mol. The summed E-state index contributed by atoms with van der Waals surface area (Å²) in [6.07, 6.45) is 3.43. The molecule has 0 radical (unpaired) electrons. The quantitative estimate of drug-likeness (QED) is 0.512. The van der Waals surface area contributed by atoms with Gasteiger partial charge in [-0.05, 0) is 55.5 Å². The molecule has 0 bridgehead atoms. The second-order valence-corrected chi connectivity index (χ2v) is 9.30. The Hall–Kier alpha value is -3.45. The van der Waals surface area contributed by atoms with Crippen LogP contribution in [0.25, 0.3) is 16.6 Å². The van der Waals surface area contributed by atoms with E-state index in [-0.39, 0.29) is 17.4 Å². The fourth-order valence-corrected chi connectivity index (χ4v) is 5.26. The van der Waals surface area contributed by atoms with Crippen LogP contribution in [0.3, 0.4) is 0 Å². The second kappa shape index (κ2) is 7.56. The molecule has 2 aliphatic rings. The first-order valence-electron chi connectivity index (χ1n) is 11.5. The molecule has 33 heavy (non-hydrogen) atoms. The van der Waals surface area contributed by atoms with Crippen molar-refractivity contribution in [1.82, 2.24) is 19.3 Å². The van der Waals surface area contributed by atoms with E-state index in [0.29, 0.717) is 42.9 Å². The Morgan fingerprint density at radius 2 is 1.85 bits per heavy atom. The Bertz CT molecular complexity index is 1480. The zero-order valence-corrected chi connectivity index (χ0v) is 18.9. The molecule has 6 rings (SSSR count). The number of aryl methyl sites for hydroxylation is 2. The largest absolute Gasteiger partial charge is 0.381 e. The van der Waals surface area contributed by atoms with Crippen molar-refractivity contribution >= 4 is 22.5 Å². The predicted octanol–water partition coefficient (Wildman–Crippen LogP) is 3.84. The highest BCUT2D eigenvalue weighted by Gasteiger charge is 2.27. The number of imidazole rings is 1. The molecule has 0 aliphatic carbocycles. The van der Waals surface area contributed by atoms with Crippen LogP contribution in [0, 0.1) is 13.8 Å². The lowest BCUT2D eigenvalue weighted by Gasteiger charge is -2.22. The minimum absolute atomic E-state index is 0.0144. The third kappa shape index (κ3) is 3.26. The molecular weight excluding hydrogens is 416 g/mol. The van der Waals surface area contributed by atoms with Crippen molar-refractivity contribution in [1.29, 1.82) is 0 Å². The molecule has 2 aromatic heterocycles. The van der Waals surface area contributed by atoms with Crippen molar-refractivity contribution in [3.05, 3.63) is 80.5 Å². The number of carbonyl (C=O) groups is 1. The first-order chi connectivity index (χ1) is 16.0. The summed E-state index contributed by atoms with van der Waals surface area (Å²) in [5.74, 6) is 1.13. The maximum atomic E-state index is 13.5. The summed E-state index contributed by atoms with van der Waals surface area (Å²) in [4.78, 5) is 35.8. The zero-order valence-electron chi connectivity index (χ0n) is 18.9. The number of rotatable bonds is 2. The van der Waals surface area contributed by atoms with Crippen molar-refractivity contribution in [3.63, 3.8) is 0 Å². The summed E-state index contributed by atoms with van der Waals surface area (Å²) in [5, 5.41) is 0. The Balaban J connectivity index is 1.43. The number of ether oxygens (including phenoxy) is 1. The Morgan fingerprint density at radius 3 is 2.67 bits per heavy atom. The summed E-state index contributed by atoms with van der Waals surface area (Å²) in [7, 11) is 0. The molecule has 168 valence electrons. The number of nitrogens with zero attached hydrogens (tertiary/aromatic N) is 3. The number of fused-ring (bicyclic) bond motifs is 4. The van der Waals surface area contributed by atoms with Crippen molar-refractivity contribution in [3.8, 4) is 0 Å². The van der Waals surface area contributed by atoms with Gasteiger partial charge in [0.15, 0.2) is 0 Å². The van der Waals surface area contributed by atoms with Crippen molar-refractivity contribution in [2.75, 3.05) is 13.2 Å². The van der Waals surface area contributed by atoms with Crippen molar-refractivity contribution < 1.29 is 9.53 Å². The van der Waals surface area contributed by atoms with Gasteiger partial charge in [0.1, 0.15) is 11.3 Å². The van der Waals surface area contributed by atoms with Gasteiger partial charge in [-0.25, -0.2) is 4.98 Å². The third-order valence-electron chi connectivity index (χ3n) is 7.04. The maximum absolute atomic E-state index is 13.5. The van der Waals surface area contributed by atoms with Crippen LogP contribution >= 0.6 is 0 Å². The molecule has 1 amide bonds. The molecule has 1 N–H and O–H groups in total. The van der Waals surface area contributed by atoms with Gasteiger partial charge in [0.05, 0.1) is 17.2 Å². The van der Waals surface area contributed by atoms with Gasteiger partial charge in [0, 0.05) is 37.8 Å². The summed E-state index contributed by atoms with van der Waals surface area (Å²) < 4.78 is 7.49. The van der Waals surface area contributed by atoms with Crippen LogP contribution < -0.4 is 5.56 Å². The SMILES string of the molecule is Cc1ccc2c(c1)CN(C(=O)c1cc3[nH]c(=O)c4cnc(C5CCOCC5)n4c3cc1C)C2. The van der Waals surface area contributed by atoms with Gasteiger partial charge >= 0.3 is 0 Å². The summed E-state index contributed by atoms with van der Waals surface area (Å²) in [6.45, 7) is 6.66. The van der Waals surface area contributed by atoms with Crippen molar-refractivity contribution in [2.45, 2.75) is 45.7 Å². The molecule has 1 saturated heterocycles. The molecule has 4 aromatic rings. The zero-order chi connectivity index (χ0) is 22.7. The van der Waals surface area contributed by atoms with Crippen LogP contribution in [0.2, 0.25) is 0 Å². The monoisotopic (exact) mass is 442 g/mol. The number of benzene rings is 2. The topological polar surface area (TPSA) is 79.7 Å². The molecule has 1 fully saturated rings. The molecule has 2 aliphatic heterocycles. The second-order valence-electron chi connectivity index (χ2n) is 9.30. The lowest BCUT2D eigenvalue weighted by atomic mass is 9.99. The van der Waals surface area contributed by atoms with Crippen LogP contribution in [0.5, 0.6) is 0 Å². The number of aromatic nitrogens is 3. The number of carbonyl (C=O) groups excluding carboxylic acids is 1. The molecule has 0 atom stereocenters. The van der Waals surface area contributed by atoms with E-state index in [1.165, 1.54) is 16.7 Å². The van der Waals surface area contributed by atoms with E-state index in [2.05, 4.69) is 35.1 Å². The standard InChI is InChI=1S/C26H26N4O3/c1-15-3-4-18-13-29(14-19(18)9-15)26(32)20-11-21-22(10-16(20)2)30-23(25(31)28-21)12-27-24(30)17-5-7-33-8-6-17/h3-4,9-12,17H,5-8,13-14H2,1-2H3,(H,28,31). The smallest absolute Gasteiger partial charge is 0.274 e. The van der Waals surface area contributed by atoms with E-state index < -0.39 is 0 Å². The summed E-state index contributed by atoms with van der Waals surface area (Å²) in [6, 6.07) is 10.2. The molecule has 0 saturated carbocycles. The molecule has 4 heterocycles. The van der Waals surface area contributed by atoms with Crippen LogP contribution in [0.1, 0.15) is 57.2 Å². The fraction of sp³-hybridized carbons (Fsp3) is 0.346. The van der Waals surface area contributed by atoms with E-state index in [9.17, 15) is 9.59 Å².